The van der Waals surface area contributed by atoms with Crippen molar-refractivity contribution in [2.24, 2.45) is 0 Å². The molecule has 7 rings (SSSR count). The molecule has 6 heterocycles. The molecule has 0 saturated carbocycles. The quantitative estimate of drug-likeness (QED) is 0.349. The third-order valence-electron chi connectivity index (χ3n) is 7.10. The highest BCUT2D eigenvalue weighted by Gasteiger charge is 2.25. The molecule has 1 saturated heterocycles. The lowest BCUT2D eigenvalue weighted by Gasteiger charge is -2.35. The number of aromatic nitrogens is 5. The summed E-state index contributed by atoms with van der Waals surface area (Å²) in [5, 5.41) is 3.29. The number of carbonyl (C=O) groups is 1. The predicted octanol–water partition coefficient (Wildman–Crippen LogP) is 3.50. The standard InChI is InChI=1S/C29H24N8O2S/c38-25-20-9-10-23(35-14-16-36(17-15-35)29-31-12-5-13-32-29)34-26(20)37-21-7-1-2-8-22(21)40-28(37)24(25)27(39)33-18-19-6-3-4-11-30-19/h1-13H,14-18H2,(H,33,39). The first-order chi connectivity index (χ1) is 19.7. The van der Waals surface area contributed by atoms with Gasteiger partial charge in [-0.1, -0.05) is 18.2 Å². The number of benzene rings is 1. The number of rotatable bonds is 5. The topological polar surface area (TPSA) is 109 Å². The molecule has 0 bridgehead atoms. The van der Waals surface area contributed by atoms with Gasteiger partial charge in [0.15, 0.2) is 5.65 Å². The number of pyridine rings is 3. The molecule has 0 unspecified atom stereocenters. The first kappa shape index (κ1) is 24.2. The molecule has 0 radical (unpaired) electrons. The van der Waals surface area contributed by atoms with Crippen LogP contribution >= 0.6 is 11.3 Å². The summed E-state index contributed by atoms with van der Waals surface area (Å²) >= 11 is 1.42. The second kappa shape index (κ2) is 10.0. The minimum Gasteiger partial charge on any atom is -0.353 e. The molecule has 40 heavy (non-hydrogen) atoms. The molecule has 1 aromatic carbocycles. The Morgan fingerprint density at radius 1 is 0.850 bits per heavy atom. The van der Waals surface area contributed by atoms with Gasteiger partial charge in [-0.25, -0.2) is 15.0 Å². The van der Waals surface area contributed by atoms with Crippen LogP contribution in [0, 0.1) is 0 Å². The zero-order chi connectivity index (χ0) is 27.1. The average Bonchev–Trinajstić information content (AvgIpc) is 3.40. The van der Waals surface area contributed by atoms with E-state index in [1.54, 1.807) is 24.7 Å². The van der Waals surface area contributed by atoms with Crippen LogP contribution in [0.5, 0.6) is 0 Å². The van der Waals surface area contributed by atoms with Gasteiger partial charge in [0.1, 0.15) is 16.2 Å². The summed E-state index contributed by atoms with van der Waals surface area (Å²) in [4.78, 5) is 50.2. The van der Waals surface area contributed by atoms with E-state index in [4.69, 9.17) is 4.98 Å². The van der Waals surface area contributed by atoms with Gasteiger partial charge >= 0.3 is 0 Å². The highest BCUT2D eigenvalue weighted by atomic mass is 32.1. The Morgan fingerprint density at radius 3 is 2.40 bits per heavy atom. The van der Waals surface area contributed by atoms with E-state index in [1.165, 1.54) is 11.3 Å². The highest BCUT2D eigenvalue weighted by molar-refractivity contribution is 7.24. The Hall–Kier alpha value is -4.90. The molecule has 1 amide bonds. The predicted molar refractivity (Wildman–Crippen MR) is 156 cm³/mol. The molecule has 11 heteroatoms. The van der Waals surface area contributed by atoms with E-state index in [0.717, 1.165) is 53.9 Å². The zero-order valence-corrected chi connectivity index (χ0v) is 22.2. The molecular formula is C29H24N8O2S. The Balaban J connectivity index is 1.29. The normalized spacial score (nSPS) is 13.8. The second-order valence-corrected chi connectivity index (χ2v) is 10.5. The number of thiazole rings is 1. The fourth-order valence-corrected chi connectivity index (χ4v) is 6.29. The summed E-state index contributed by atoms with van der Waals surface area (Å²) in [5.74, 6) is 1.09. The van der Waals surface area contributed by atoms with Crippen LogP contribution in [0.25, 0.3) is 26.1 Å². The molecule has 1 aliphatic rings. The fraction of sp³-hybridized carbons (Fsp3) is 0.172. The minimum atomic E-state index is -0.426. The summed E-state index contributed by atoms with van der Waals surface area (Å²) in [7, 11) is 0. The minimum absolute atomic E-state index is 0.121. The summed E-state index contributed by atoms with van der Waals surface area (Å²) in [6.45, 7) is 3.23. The van der Waals surface area contributed by atoms with Crippen molar-refractivity contribution < 1.29 is 4.79 Å². The van der Waals surface area contributed by atoms with Gasteiger partial charge < -0.3 is 15.1 Å². The van der Waals surface area contributed by atoms with E-state index in [9.17, 15) is 9.59 Å². The lowest BCUT2D eigenvalue weighted by Crippen LogP contribution is -2.47. The molecular weight excluding hydrogens is 524 g/mol. The second-order valence-electron chi connectivity index (χ2n) is 9.48. The van der Waals surface area contributed by atoms with Gasteiger partial charge in [-0.15, -0.1) is 11.3 Å². The van der Waals surface area contributed by atoms with Gasteiger partial charge in [-0.2, -0.15) is 0 Å². The maximum absolute atomic E-state index is 13.8. The monoisotopic (exact) mass is 548 g/mol. The van der Waals surface area contributed by atoms with Crippen molar-refractivity contribution in [1.29, 1.82) is 0 Å². The number of carbonyl (C=O) groups excluding carboxylic acids is 1. The summed E-state index contributed by atoms with van der Waals surface area (Å²) < 4.78 is 2.92. The molecule has 1 N–H and O–H groups in total. The summed E-state index contributed by atoms with van der Waals surface area (Å²) in [6, 6.07) is 18.9. The van der Waals surface area contributed by atoms with Crippen molar-refractivity contribution in [3.05, 3.63) is 101 Å². The number of nitrogens with zero attached hydrogens (tertiary/aromatic N) is 7. The molecule has 0 aliphatic carbocycles. The first-order valence-corrected chi connectivity index (χ1v) is 13.8. The van der Waals surface area contributed by atoms with Gasteiger partial charge in [0, 0.05) is 44.8 Å². The third kappa shape index (κ3) is 4.20. The third-order valence-corrected chi connectivity index (χ3v) is 8.24. The van der Waals surface area contributed by atoms with Crippen LogP contribution < -0.4 is 20.5 Å². The average molecular weight is 549 g/mol. The first-order valence-electron chi connectivity index (χ1n) is 13.0. The summed E-state index contributed by atoms with van der Waals surface area (Å²) in [5.41, 5.74) is 1.96. The number of para-hydroxylation sites is 1. The van der Waals surface area contributed by atoms with E-state index < -0.39 is 5.91 Å². The molecule has 5 aromatic heterocycles. The van der Waals surface area contributed by atoms with Gasteiger partial charge in [-0.05, 0) is 42.5 Å². The van der Waals surface area contributed by atoms with E-state index >= 15 is 0 Å². The van der Waals surface area contributed by atoms with Crippen molar-refractivity contribution in [3.63, 3.8) is 0 Å². The Bertz CT molecular complexity index is 1920. The van der Waals surface area contributed by atoms with Crippen LogP contribution in [0.1, 0.15) is 16.1 Å². The van der Waals surface area contributed by atoms with Crippen LogP contribution in [0.4, 0.5) is 11.8 Å². The highest BCUT2D eigenvalue weighted by Crippen LogP contribution is 2.31. The molecule has 198 valence electrons. The lowest BCUT2D eigenvalue weighted by molar-refractivity contribution is 0.0951. The van der Waals surface area contributed by atoms with Gasteiger partial charge in [-0.3, -0.25) is 19.0 Å². The number of amides is 1. The molecule has 10 nitrogen and oxygen atoms in total. The Labute approximate surface area is 232 Å². The lowest BCUT2D eigenvalue weighted by atomic mass is 10.1. The van der Waals surface area contributed by atoms with E-state index in [2.05, 4.69) is 30.1 Å². The maximum Gasteiger partial charge on any atom is 0.258 e. The molecule has 0 atom stereocenters. The molecule has 0 spiro atoms. The van der Waals surface area contributed by atoms with Crippen molar-refractivity contribution in [3.8, 4) is 0 Å². The van der Waals surface area contributed by atoms with Crippen LogP contribution in [0.3, 0.4) is 0 Å². The Kier molecular flexibility index (Phi) is 6.05. The Morgan fingerprint density at radius 2 is 1.60 bits per heavy atom. The zero-order valence-electron chi connectivity index (χ0n) is 21.4. The molecule has 6 aromatic rings. The molecule has 1 aliphatic heterocycles. The number of piperazine rings is 1. The van der Waals surface area contributed by atoms with Gasteiger partial charge in [0.05, 0.1) is 27.8 Å². The van der Waals surface area contributed by atoms with E-state index in [0.29, 0.717) is 15.9 Å². The van der Waals surface area contributed by atoms with Gasteiger partial charge in [0.25, 0.3) is 5.91 Å². The number of hydrogen-bond acceptors (Lipinski definition) is 9. The number of fused-ring (bicyclic) bond motifs is 5. The molecule has 1 fully saturated rings. The van der Waals surface area contributed by atoms with Crippen LogP contribution in [0.2, 0.25) is 0 Å². The summed E-state index contributed by atoms with van der Waals surface area (Å²) in [6.07, 6.45) is 5.18. The maximum atomic E-state index is 13.8. The van der Waals surface area contributed by atoms with Crippen LogP contribution in [0.15, 0.2) is 84.0 Å². The largest absolute Gasteiger partial charge is 0.353 e. The van der Waals surface area contributed by atoms with E-state index in [-0.39, 0.29) is 17.5 Å². The number of hydrogen-bond donors (Lipinski definition) is 1. The van der Waals surface area contributed by atoms with Crippen molar-refractivity contribution >= 4 is 55.1 Å². The van der Waals surface area contributed by atoms with Crippen molar-refractivity contribution in [1.82, 2.24) is 29.7 Å². The van der Waals surface area contributed by atoms with Crippen LogP contribution in [-0.4, -0.2) is 56.4 Å². The van der Waals surface area contributed by atoms with Crippen molar-refractivity contribution in [2.75, 3.05) is 36.0 Å². The smallest absolute Gasteiger partial charge is 0.258 e. The fourth-order valence-electron chi connectivity index (χ4n) is 5.11. The van der Waals surface area contributed by atoms with E-state index in [1.807, 2.05) is 59.0 Å². The van der Waals surface area contributed by atoms with Gasteiger partial charge in [0.2, 0.25) is 11.4 Å². The number of nitrogens with one attached hydrogen (secondary N) is 1. The van der Waals surface area contributed by atoms with Crippen LogP contribution in [-0.2, 0) is 6.54 Å². The SMILES string of the molecule is O=C(NCc1ccccn1)c1c(=O)c2ccc(N3CCN(c4ncccn4)CC3)nc2n2c1sc1ccccc12. The number of anilines is 2. The van der Waals surface area contributed by atoms with Crippen molar-refractivity contribution in [2.45, 2.75) is 6.54 Å².